The second kappa shape index (κ2) is 5.07. The molecule has 0 aromatic heterocycles. The third-order valence-corrected chi connectivity index (χ3v) is 2.77. The molecule has 0 atom stereocenters. The molecule has 1 aromatic carbocycles. The molecule has 0 amide bonds. The predicted octanol–water partition coefficient (Wildman–Crippen LogP) is 3.75. The minimum atomic E-state index is 0.883. The van der Waals surface area contributed by atoms with Gasteiger partial charge in [-0.25, -0.2) is 0 Å². The Morgan fingerprint density at radius 2 is 2.23 bits per heavy atom. The second-order valence-corrected chi connectivity index (χ2v) is 3.72. The highest BCUT2D eigenvalue weighted by Crippen LogP contribution is 2.23. The number of anilines is 1. The van der Waals surface area contributed by atoms with Crippen LogP contribution in [0.15, 0.2) is 34.8 Å². The normalized spacial score (nSPS) is 10.7. The third-order valence-electron chi connectivity index (χ3n) is 1.91. The average Bonchev–Trinajstić information content (AvgIpc) is 2.13. The van der Waals surface area contributed by atoms with Crippen LogP contribution in [-0.4, -0.2) is 6.54 Å². The fourth-order valence-corrected chi connectivity index (χ4v) is 1.45. The molecule has 0 unspecified atom stereocenters. The van der Waals surface area contributed by atoms with Crippen molar-refractivity contribution in [2.45, 2.75) is 13.8 Å². The molecule has 1 N–H and O–H groups in total. The van der Waals surface area contributed by atoms with Gasteiger partial charge in [-0.2, -0.15) is 0 Å². The van der Waals surface area contributed by atoms with Crippen molar-refractivity contribution in [3.8, 4) is 0 Å². The first-order valence-electron chi connectivity index (χ1n) is 4.36. The van der Waals surface area contributed by atoms with E-state index in [2.05, 4.69) is 46.4 Å². The van der Waals surface area contributed by atoms with Crippen LogP contribution in [0, 0.1) is 6.92 Å². The van der Waals surface area contributed by atoms with E-state index in [9.17, 15) is 0 Å². The monoisotopic (exact) mass is 239 g/mol. The fourth-order valence-electron chi connectivity index (χ4n) is 1.09. The lowest BCUT2D eigenvalue weighted by Crippen LogP contribution is -1.99. The Balaban J connectivity index is 2.71. The molecule has 0 bridgehead atoms. The maximum Gasteiger partial charge on any atom is 0.0383 e. The number of allylic oxidation sites excluding steroid dienone is 1. The zero-order valence-corrected chi connectivity index (χ0v) is 9.56. The molecule has 0 aliphatic carbocycles. The molecule has 0 fully saturated rings. The van der Waals surface area contributed by atoms with E-state index < -0.39 is 0 Å². The van der Waals surface area contributed by atoms with Crippen molar-refractivity contribution in [2.75, 3.05) is 11.9 Å². The van der Waals surface area contributed by atoms with Gasteiger partial charge < -0.3 is 5.32 Å². The number of benzene rings is 1. The highest BCUT2D eigenvalue weighted by Gasteiger charge is 1.98. The summed E-state index contributed by atoms with van der Waals surface area (Å²) < 4.78 is 1.15. The van der Waals surface area contributed by atoms with Crippen molar-refractivity contribution in [3.63, 3.8) is 0 Å². The maximum absolute atomic E-state index is 3.50. The van der Waals surface area contributed by atoms with Gasteiger partial charge in [0.25, 0.3) is 0 Å². The Kier molecular flexibility index (Phi) is 4.03. The quantitative estimate of drug-likeness (QED) is 0.793. The van der Waals surface area contributed by atoms with Crippen LogP contribution in [0.1, 0.15) is 12.5 Å². The van der Waals surface area contributed by atoms with Gasteiger partial charge in [0.2, 0.25) is 0 Å². The molecule has 0 aliphatic heterocycles. The number of nitrogens with one attached hydrogen (secondary N) is 1. The summed E-state index contributed by atoms with van der Waals surface area (Å²) in [7, 11) is 0. The molecule has 0 saturated heterocycles. The lowest BCUT2D eigenvalue weighted by molar-refractivity contribution is 1.29. The smallest absolute Gasteiger partial charge is 0.0383 e. The highest BCUT2D eigenvalue weighted by atomic mass is 79.9. The molecule has 0 spiro atoms. The van der Waals surface area contributed by atoms with Crippen LogP contribution in [0.5, 0.6) is 0 Å². The Labute approximate surface area is 88.0 Å². The Bertz CT molecular complexity index is 305. The lowest BCUT2D eigenvalue weighted by atomic mass is 10.2. The second-order valence-electron chi connectivity index (χ2n) is 2.86. The van der Waals surface area contributed by atoms with E-state index in [1.165, 1.54) is 11.3 Å². The highest BCUT2D eigenvalue weighted by molar-refractivity contribution is 9.10. The largest absolute Gasteiger partial charge is 0.381 e. The van der Waals surface area contributed by atoms with Gasteiger partial charge in [-0.15, -0.1) is 0 Å². The van der Waals surface area contributed by atoms with E-state index in [0.717, 1.165) is 11.0 Å². The summed E-state index contributed by atoms with van der Waals surface area (Å²) in [5.74, 6) is 0. The van der Waals surface area contributed by atoms with Gasteiger partial charge in [0.05, 0.1) is 0 Å². The van der Waals surface area contributed by atoms with Gasteiger partial charge in [-0.3, -0.25) is 0 Å². The predicted molar refractivity (Wildman–Crippen MR) is 62.2 cm³/mol. The van der Waals surface area contributed by atoms with E-state index >= 15 is 0 Å². The van der Waals surface area contributed by atoms with Gasteiger partial charge in [0.15, 0.2) is 0 Å². The standard InChI is InChI=1S/C11H14BrN/c1-3-4-8-13-11-7-5-6-10(12)9(11)2/h3-7,13H,8H2,1-2H3/b4-3+. The van der Waals surface area contributed by atoms with E-state index in [1.807, 2.05) is 19.1 Å². The molecule has 2 heteroatoms. The number of hydrogen-bond donors (Lipinski definition) is 1. The first kappa shape index (κ1) is 10.3. The lowest BCUT2D eigenvalue weighted by Gasteiger charge is -2.08. The van der Waals surface area contributed by atoms with Crippen molar-refractivity contribution in [1.29, 1.82) is 0 Å². The molecular formula is C11H14BrN. The summed E-state index contributed by atoms with van der Waals surface area (Å²) in [6.45, 7) is 5.01. The molecule has 0 heterocycles. The van der Waals surface area contributed by atoms with Crippen molar-refractivity contribution < 1.29 is 0 Å². The number of hydrogen-bond acceptors (Lipinski definition) is 1. The molecule has 1 rings (SSSR count). The minimum Gasteiger partial charge on any atom is -0.381 e. The van der Waals surface area contributed by atoms with Crippen molar-refractivity contribution >= 4 is 21.6 Å². The minimum absolute atomic E-state index is 0.883. The van der Waals surface area contributed by atoms with Crippen LogP contribution >= 0.6 is 15.9 Å². The van der Waals surface area contributed by atoms with Crippen LogP contribution in [0.4, 0.5) is 5.69 Å². The van der Waals surface area contributed by atoms with Gasteiger partial charge in [-0.1, -0.05) is 34.1 Å². The molecule has 1 aromatic rings. The summed E-state index contributed by atoms with van der Waals surface area (Å²) in [6.07, 6.45) is 4.14. The zero-order valence-electron chi connectivity index (χ0n) is 7.97. The van der Waals surface area contributed by atoms with Crippen molar-refractivity contribution in [1.82, 2.24) is 0 Å². The average molecular weight is 240 g/mol. The Morgan fingerprint density at radius 1 is 1.46 bits per heavy atom. The first-order valence-corrected chi connectivity index (χ1v) is 5.15. The van der Waals surface area contributed by atoms with Crippen molar-refractivity contribution in [2.24, 2.45) is 0 Å². The van der Waals surface area contributed by atoms with Crippen LogP contribution in [0.25, 0.3) is 0 Å². The summed E-state index contributed by atoms with van der Waals surface area (Å²) in [5, 5.41) is 3.34. The van der Waals surface area contributed by atoms with Crippen LogP contribution in [0.2, 0.25) is 0 Å². The molecule has 1 nitrogen and oxygen atoms in total. The van der Waals surface area contributed by atoms with Crippen LogP contribution < -0.4 is 5.32 Å². The van der Waals surface area contributed by atoms with Gasteiger partial charge in [0, 0.05) is 16.7 Å². The topological polar surface area (TPSA) is 12.0 Å². The molecule has 13 heavy (non-hydrogen) atoms. The summed E-state index contributed by atoms with van der Waals surface area (Å²) in [4.78, 5) is 0. The van der Waals surface area contributed by atoms with E-state index in [4.69, 9.17) is 0 Å². The first-order chi connectivity index (χ1) is 6.25. The maximum atomic E-state index is 3.50. The van der Waals surface area contributed by atoms with Gasteiger partial charge in [0.1, 0.15) is 0 Å². The number of halogens is 1. The molecule has 0 radical (unpaired) electrons. The Hall–Kier alpha value is -0.760. The Morgan fingerprint density at radius 3 is 2.92 bits per heavy atom. The van der Waals surface area contributed by atoms with E-state index in [1.54, 1.807) is 0 Å². The number of rotatable bonds is 3. The fraction of sp³-hybridized carbons (Fsp3) is 0.273. The summed E-state index contributed by atoms with van der Waals surface area (Å²) >= 11 is 3.50. The zero-order chi connectivity index (χ0) is 9.68. The third kappa shape index (κ3) is 2.88. The molecular weight excluding hydrogens is 226 g/mol. The molecule has 0 aliphatic rings. The van der Waals surface area contributed by atoms with Gasteiger partial charge >= 0.3 is 0 Å². The molecule has 0 saturated carbocycles. The summed E-state index contributed by atoms with van der Waals surface area (Å²) in [6, 6.07) is 6.18. The van der Waals surface area contributed by atoms with Crippen LogP contribution in [0.3, 0.4) is 0 Å². The molecule has 70 valence electrons. The van der Waals surface area contributed by atoms with Gasteiger partial charge in [-0.05, 0) is 31.5 Å². The summed E-state index contributed by atoms with van der Waals surface area (Å²) in [5.41, 5.74) is 2.44. The van der Waals surface area contributed by atoms with E-state index in [-0.39, 0.29) is 0 Å². The SMILES string of the molecule is C/C=C/CNc1cccc(Br)c1C. The van der Waals surface area contributed by atoms with Crippen LogP contribution in [-0.2, 0) is 0 Å². The van der Waals surface area contributed by atoms with E-state index in [0.29, 0.717) is 0 Å². The van der Waals surface area contributed by atoms with Crippen molar-refractivity contribution in [3.05, 3.63) is 40.4 Å².